The lowest BCUT2D eigenvalue weighted by Gasteiger charge is -2.05. The second-order valence-corrected chi connectivity index (χ2v) is 5.18. The summed E-state index contributed by atoms with van der Waals surface area (Å²) in [7, 11) is 0. The third-order valence-electron chi connectivity index (χ3n) is 2.40. The summed E-state index contributed by atoms with van der Waals surface area (Å²) in [5, 5.41) is 18.4. The van der Waals surface area contributed by atoms with Gasteiger partial charge in [0.25, 0.3) is 0 Å². The maximum absolute atomic E-state index is 10.9. The van der Waals surface area contributed by atoms with Crippen LogP contribution in [0.4, 0.5) is 0 Å². The normalized spacial score (nSPS) is 9.89. The van der Waals surface area contributed by atoms with Crippen LogP contribution >= 0.6 is 23.4 Å². The maximum atomic E-state index is 10.9. The van der Waals surface area contributed by atoms with Gasteiger partial charge in [0.1, 0.15) is 6.07 Å². The average Bonchev–Trinajstić information content (AvgIpc) is 2.39. The highest BCUT2D eigenvalue weighted by Crippen LogP contribution is 2.33. The number of nitrogens with zero attached hydrogens (tertiary/aromatic N) is 1. The molecule has 0 radical (unpaired) electrons. The van der Waals surface area contributed by atoms with E-state index in [-0.39, 0.29) is 5.56 Å². The molecule has 94 valence electrons. The highest BCUT2D eigenvalue weighted by Gasteiger charge is 2.09. The molecule has 0 unspecified atom stereocenters. The zero-order valence-electron chi connectivity index (χ0n) is 9.63. The smallest absolute Gasteiger partial charge is 0.335 e. The first-order chi connectivity index (χ1) is 9.11. The van der Waals surface area contributed by atoms with Crippen molar-refractivity contribution in [2.75, 3.05) is 0 Å². The fourth-order valence-electron chi connectivity index (χ4n) is 1.52. The van der Waals surface area contributed by atoms with E-state index < -0.39 is 5.97 Å². The van der Waals surface area contributed by atoms with Crippen LogP contribution in [-0.4, -0.2) is 11.1 Å². The molecule has 0 aliphatic carbocycles. The Balaban J connectivity index is 2.37. The molecular formula is C14H8ClNO2S. The van der Waals surface area contributed by atoms with Crippen LogP contribution in [0.1, 0.15) is 15.9 Å². The van der Waals surface area contributed by atoms with Crippen molar-refractivity contribution in [3.05, 3.63) is 58.6 Å². The molecule has 0 aliphatic rings. The highest BCUT2D eigenvalue weighted by molar-refractivity contribution is 7.99. The Kier molecular flexibility index (Phi) is 4.10. The molecule has 0 aromatic heterocycles. The molecule has 0 aliphatic heterocycles. The molecule has 0 amide bonds. The van der Waals surface area contributed by atoms with Gasteiger partial charge in [0.05, 0.1) is 16.1 Å². The molecule has 5 heteroatoms. The van der Waals surface area contributed by atoms with Crippen molar-refractivity contribution in [2.45, 2.75) is 9.79 Å². The minimum absolute atomic E-state index is 0.213. The van der Waals surface area contributed by atoms with Crippen molar-refractivity contribution in [2.24, 2.45) is 0 Å². The first-order valence-corrected chi connectivity index (χ1v) is 6.51. The number of carboxylic acid groups (broad SMARTS) is 1. The van der Waals surface area contributed by atoms with Crippen LogP contribution in [0.5, 0.6) is 0 Å². The number of benzene rings is 2. The van der Waals surface area contributed by atoms with Crippen molar-refractivity contribution in [1.82, 2.24) is 0 Å². The van der Waals surface area contributed by atoms with Crippen LogP contribution in [0.3, 0.4) is 0 Å². The second kappa shape index (κ2) is 5.79. The minimum atomic E-state index is -0.978. The van der Waals surface area contributed by atoms with Gasteiger partial charge in [-0.3, -0.25) is 0 Å². The molecule has 1 N–H and O–H groups in total. The van der Waals surface area contributed by atoms with Crippen LogP contribution in [0.2, 0.25) is 5.02 Å². The van der Waals surface area contributed by atoms with Gasteiger partial charge in [-0.05, 0) is 30.3 Å². The van der Waals surface area contributed by atoms with E-state index in [1.165, 1.54) is 17.8 Å². The summed E-state index contributed by atoms with van der Waals surface area (Å²) < 4.78 is 0. The van der Waals surface area contributed by atoms with Gasteiger partial charge < -0.3 is 5.11 Å². The van der Waals surface area contributed by atoms with E-state index in [1.54, 1.807) is 36.4 Å². The lowest BCUT2D eigenvalue weighted by Crippen LogP contribution is -1.95. The summed E-state index contributed by atoms with van der Waals surface area (Å²) in [6, 6.07) is 13.8. The van der Waals surface area contributed by atoms with E-state index >= 15 is 0 Å². The Hall–Kier alpha value is -1.96. The monoisotopic (exact) mass is 289 g/mol. The Morgan fingerprint density at radius 3 is 2.68 bits per heavy atom. The van der Waals surface area contributed by atoms with Crippen LogP contribution in [0, 0.1) is 11.3 Å². The van der Waals surface area contributed by atoms with E-state index in [0.717, 1.165) is 4.90 Å². The Morgan fingerprint density at radius 1 is 1.26 bits per heavy atom. The number of hydrogen-bond acceptors (Lipinski definition) is 3. The van der Waals surface area contributed by atoms with Gasteiger partial charge in [0.15, 0.2) is 0 Å². The molecule has 0 fully saturated rings. The number of carbonyl (C=O) groups is 1. The predicted octanol–water partition coefficient (Wildman–Crippen LogP) is 4.06. The molecule has 2 aromatic rings. The van der Waals surface area contributed by atoms with Crippen LogP contribution in [-0.2, 0) is 0 Å². The molecule has 2 aromatic carbocycles. The summed E-state index contributed by atoms with van der Waals surface area (Å²) in [6.45, 7) is 0. The van der Waals surface area contributed by atoms with Crippen LogP contribution in [0.25, 0.3) is 0 Å². The molecule has 0 bridgehead atoms. The van der Waals surface area contributed by atoms with Crippen molar-refractivity contribution in [3.63, 3.8) is 0 Å². The van der Waals surface area contributed by atoms with Crippen molar-refractivity contribution in [3.8, 4) is 6.07 Å². The second-order valence-electron chi connectivity index (χ2n) is 3.66. The van der Waals surface area contributed by atoms with Gasteiger partial charge in [-0.1, -0.05) is 35.5 Å². The van der Waals surface area contributed by atoms with Crippen molar-refractivity contribution in [1.29, 1.82) is 5.26 Å². The van der Waals surface area contributed by atoms with Crippen LogP contribution in [0.15, 0.2) is 52.3 Å². The van der Waals surface area contributed by atoms with Gasteiger partial charge in [-0.2, -0.15) is 5.26 Å². The zero-order chi connectivity index (χ0) is 13.8. The molecule has 0 saturated heterocycles. The predicted molar refractivity (Wildman–Crippen MR) is 73.7 cm³/mol. The molecule has 3 nitrogen and oxygen atoms in total. The zero-order valence-corrected chi connectivity index (χ0v) is 11.2. The third-order valence-corrected chi connectivity index (χ3v) is 3.76. The fraction of sp³-hybridized carbons (Fsp3) is 0. The van der Waals surface area contributed by atoms with E-state index in [4.69, 9.17) is 22.0 Å². The number of aromatic carboxylic acids is 1. The van der Waals surface area contributed by atoms with E-state index in [2.05, 4.69) is 6.07 Å². The van der Waals surface area contributed by atoms with E-state index in [1.807, 2.05) is 0 Å². The van der Waals surface area contributed by atoms with Gasteiger partial charge in [-0.15, -0.1) is 0 Å². The summed E-state index contributed by atoms with van der Waals surface area (Å²) in [4.78, 5) is 12.4. The Labute approximate surface area is 119 Å². The summed E-state index contributed by atoms with van der Waals surface area (Å²) in [5.74, 6) is -0.978. The summed E-state index contributed by atoms with van der Waals surface area (Å²) in [5.41, 5.74) is 0.612. The summed E-state index contributed by atoms with van der Waals surface area (Å²) in [6.07, 6.45) is 0. The number of nitriles is 1. The SMILES string of the molecule is N#Cc1c(Cl)cccc1Sc1cccc(C(=O)O)c1. The largest absolute Gasteiger partial charge is 0.478 e. The minimum Gasteiger partial charge on any atom is -0.478 e. The summed E-state index contributed by atoms with van der Waals surface area (Å²) >= 11 is 7.26. The standard InChI is InChI=1S/C14H8ClNO2S/c15-12-5-2-6-13(11(12)8-16)19-10-4-1-3-9(7-10)14(17)18/h1-7H,(H,17,18). The molecule has 0 heterocycles. The topological polar surface area (TPSA) is 61.1 Å². The highest BCUT2D eigenvalue weighted by atomic mass is 35.5. The van der Waals surface area contributed by atoms with Gasteiger partial charge in [0, 0.05) is 9.79 Å². The molecule has 2 rings (SSSR count). The van der Waals surface area contributed by atoms with E-state index in [9.17, 15) is 4.79 Å². The fourth-order valence-corrected chi connectivity index (χ4v) is 2.78. The first kappa shape index (κ1) is 13.5. The molecule has 0 spiro atoms. The first-order valence-electron chi connectivity index (χ1n) is 5.31. The van der Waals surface area contributed by atoms with Gasteiger partial charge in [0.2, 0.25) is 0 Å². The molecular weight excluding hydrogens is 282 g/mol. The number of hydrogen-bond donors (Lipinski definition) is 1. The van der Waals surface area contributed by atoms with Crippen molar-refractivity contribution < 1.29 is 9.90 Å². The Morgan fingerprint density at radius 2 is 2.00 bits per heavy atom. The number of rotatable bonds is 3. The maximum Gasteiger partial charge on any atom is 0.335 e. The molecule has 0 saturated carbocycles. The van der Waals surface area contributed by atoms with Crippen molar-refractivity contribution >= 4 is 29.3 Å². The quantitative estimate of drug-likeness (QED) is 0.925. The third kappa shape index (κ3) is 3.08. The van der Waals surface area contributed by atoms with Gasteiger partial charge in [-0.25, -0.2) is 4.79 Å². The van der Waals surface area contributed by atoms with E-state index in [0.29, 0.717) is 15.5 Å². The molecule has 19 heavy (non-hydrogen) atoms. The lowest BCUT2D eigenvalue weighted by molar-refractivity contribution is 0.0696. The van der Waals surface area contributed by atoms with Crippen LogP contribution < -0.4 is 0 Å². The molecule has 0 atom stereocenters. The lowest BCUT2D eigenvalue weighted by atomic mass is 10.2. The Bertz CT molecular complexity index is 679. The average molecular weight is 290 g/mol. The van der Waals surface area contributed by atoms with Gasteiger partial charge >= 0.3 is 5.97 Å². The number of carboxylic acids is 1. The number of halogens is 1.